The predicted octanol–water partition coefficient (Wildman–Crippen LogP) is 6.45. The Bertz CT molecular complexity index is 1890. The number of nitrogens with one attached hydrogen (secondary N) is 3. The number of methoxy groups -OCH3 is 1. The molecule has 8 heteroatoms. The average molecular weight is 604 g/mol. The Morgan fingerprint density at radius 2 is 1.69 bits per heavy atom. The number of hydrogen-bond donors (Lipinski definition) is 3. The van der Waals surface area contributed by atoms with E-state index in [0.717, 1.165) is 45.0 Å². The molecule has 0 radical (unpaired) electrons. The SMILES string of the molecule is COc1ccc2[nH]cc(N(Cc3cc(C)c(C)c(C)c3)C(=O)C(Cc3c[nH]c4ccccc34)(NC(C)=O)N3CC=CCC3)c2c1. The van der Waals surface area contributed by atoms with Gasteiger partial charge in [-0.05, 0) is 79.3 Å². The number of aromatic nitrogens is 2. The Balaban J connectivity index is 1.56. The molecule has 2 amide bonds. The molecule has 232 valence electrons. The van der Waals surface area contributed by atoms with Crippen LogP contribution in [0.15, 0.2) is 79.1 Å². The van der Waals surface area contributed by atoms with E-state index in [9.17, 15) is 4.79 Å². The summed E-state index contributed by atoms with van der Waals surface area (Å²) >= 11 is 0. The molecule has 5 aromatic rings. The molecular formula is C37H41N5O3. The number of fused-ring (bicyclic) bond motifs is 2. The van der Waals surface area contributed by atoms with Crippen LogP contribution in [0, 0.1) is 20.8 Å². The van der Waals surface area contributed by atoms with Gasteiger partial charge in [-0.25, -0.2) is 0 Å². The highest BCUT2D eigenvalue weighted by Gasteiger charge is 2.48. The predicted molar refractivity (Wildman–Crippen MR) is 181 cm³/mol. The van der Waals surface area contributed by atoms with E-state index in [1.165, 1.54) is 23.6 Å². The molecule has 0 spiro atoms. The van der Waals surface area contributed by atoms with Gasteiger partial charge in [0.15, 0.2) is 5.66 Å². The molecule has 3 aromatic carbocycles. The standard InChI is InChI=1S/C37H41N5O3/c1-24-17-28(18-25(2)26(24)3)23-42(35-22-39-34-14-13-30(45-5)19-32(34)35)36(44)37(40-27(4)43,41-15-9-6-10-16-41)20-29-21-38-33-12-8-7-11-31(29)33/h6-9,11-14,17-19,21-22,38-39H,10,15-16,20,23H2,1-5H3,(H,40,43). The number of para-hydroxylation sites is 1. The number of benzene rings is 3. The Morgan fingerprint density at radius 3 is 2.40 bits per heavy atom. The van der Waals surface area contributed by atoms with E-state index < -0.39 is 5.66 Å². The summed E-state index contributed by atoms with van der Waals surface area (Å²) < 4.78 is 5.58. The van der Waals surface area contributed by atoms with Crippen molar-refractivity contribution >= 4 is 39.3 Å². The first-order chi connectivity index (χ1) is 21.7. The van der Waals surface area contributed by atoms with Crippen molar-refractivity contribution in [2.75, 3.05) is 25.1 Å². The van der Waals surface area contributed by atoms with Crippen LogP contribution in [-0.2, 0) is 22.6 Å². The van der Waals surface area contributed by atoms with Gasteiger partial charge < -0.3 is 24.9 Å². The fourth-order valence-electron chi connectivity index (χ4n) is 6.66. The van der Waals surface area contributed by atoms with Crippen molar-refractivity contribution in [1.82, 2.24) is 20.2 Å². The summed E-state index contributed by atoms with van der Waals surface area (Å²) in [4.78, 5) is 39.4. The van der Waals surface area contributed by atoms with Crippen LogP contribution in [0.5, 0.6) is 5.75 Å². The average Bonchev–Trinajstić information content (AvgIpc) is 3.65. The number of ether oxygens (including phenoxy) is 1. The quantitative estimate of drug-likeness (QED) is 0.169. The monoisotopic (exact) mass is 603 g/mol. The van der Waals surface area contributed by atoms with Crippen molar-refractivity contribution in [3.8, 4) is 5.75 Å². The molecule has 2 aromatic heterocycles. The van der Waals surface area contributed by atoms with Crippen LogP contribution in [-0.4, -0.2) is 52.5 Å². The number of rotatable bonds is 9. The lowest BCUT2D eigenvalue weighted by Crippen LogP contribution is -2.70. The lowest BCUT2D eigenvalue weighted by Gasteiger charge is -2.46. The van der Waals surface area contributed by atoms with Crippen LogP contribution < -0.4 is 15.0 Å². The van der Waals surface area contributed by atoms with Crippen molar-refractivity contribution in [2.24, 2.45) is 0 Å². The third kappa shape index (κ3) is 5.73. The summed E-state index contributed by atoms with van der Waals surface area (Å²) in [5.74, 6) is 0.240. The fraction of sp³-hybridized carbons (Fsp3) is 0.297. The molecule has 45 heavy (non-hydrogen) atoms. The molecule has 0 fully saturated rings. The molecule has 8 nitrogen and oxygen atoms in total. The highest BCUT2D eigenvalue weighted by molar-refractivity contribution is 6.08. The zero-order valence-electron chi connectivity index (χ0n) is 26.7. The molecule has 3 heterocycles. The Hall–Kier alpha value is -4.82. The number of H-pyrrole nitrogens is 2. The molecule has 0 saturated heterocycles. The maximum Gasteiger partial charge on any atom is 0.268 e. The first kappa shape index (κ1) is 30.2. The zero-order valence-corrected chi connectivity index (χ0v) is 26.7. The number of anilines is 1. The Morgan fingerprint density at radius 1 is 0.956 bits per heavy atom. The van der Waals surface area contributed by atoms with Gasteiger partial charge in [0.2, 0.25) is 5.91 Å². The first-order valence-corrected chi connectivity index (χ1v) is 15.5. The van der Waals surface area contributed by atoms with E-state index in [1.807, 2.05) is 53.7 Å². The maximum atomic E-state index is 15.6. The Labute approximate surface area is 264 Å². The van der Waals surface area contributed by atoms with Crippen LogP contribution >= 0.6 is 0 Å². The smallest absolute Gasteiger partial charge is 0.268 e. The van der Waals surface area contributed by atoms with E-state index >= 15 is 4.79 Å². The molecule has 0 aliphatic carbocycles. The van der Waals surface area contributed by atoms with Crippen molar-refractivity contribution in [2.45, 2.75) is 52.7 Å². The van der Waals surface area contributed by atoms with Crippen molar-refractivity contribution in [3.63, 3.8) is 0 Å². The van der Waals surface area contributed by atoms with Gasteiger partial charge in [-0.1, -0.05) is 42.5 Å². The lowest BCUT2D eigenvalue weighted by atomic mass is 9.93. The van der Waals surface area contributed by atoms with Crippen LogP contribution in [0.25, 0.3) is 21.8 Å². The van der Waals surface area contributed by atoms with E-state index in [-0.39, 0.29) is 18.2 Å². The first-order valence-electron chi connectivity index (χ1n) is 15.5. The molecule has 1 aliphatic heterocycles. The molecule has 1 aliphatic rings. The van der Waals surface area contributed by atoms with Gasteiger partial charge in [-0.2, -0.15) is 0 Å². The summed E-state index contributed by atoms with van der Waals surface area (Å²) in [6.07, 6.45) is 9.13. The lowest BCUT2D eigenvalue weighted by molar-refractivity contribution is -0.139. The molecule has 6 rings (SSSR count). The van der Waals surface area contributed by atoms with Gasteiger partial charge in [0, 0.05) is 60.6 Å². The maximum absolute atomic E-state index is 15.6. The van der Waals surface area contributed by atoms with Gasteiger partial charge in [0.25, 0.3) is 5.91 Å². The minimum absolute atomic E-state index is 0.196. The third-order valence-electron chi connectivity index (χ3n) is 9.19. The van der Waals surface area contributed by atoms with Crippen LogP contribution in [0.3, 0.4) is 0 Å². The van der Waals surface area contributed by atoms with Gasteiger partial charge in [-0.15, -0.1) is 0 Å². The number of carbonyl (C=O) groups excluding carboxylic acids is 2. The second kappa shape index (κ2) is 12.3. The topological polar surface area (TPSA) is 93.5 Å². The Kier molecular flexibility index (Phi) is 8.25. The van der Waals surface area contributed by atoms with Crippen LogP contribution in [0.1, 0.15) is 41.2 Å². The van der Waals surface area contributed by atoms with E-state index in [4.69, 9.17) is 4.74 Å². The second-order valence-corrected chi connectivity index (χ2v) is 12.1. The molecular weight excluding hydrogens is 562 g/mol. The summed E-state index contributed by atoms with van der Waals surface area (Å²) in [6, 6.07) is 18.2. The van der Waals surface area contributed by atoms with Gasteiger partial charge in [-0.3, -0.25) is 14.5 Å². The largest absolute Gasteiger partial charge is 0.497 e. The van der Waals surface area contributed by atoms with E-state index in [0.29, 0.717) is 25.4 Å². The summed E-state index contributed by atoms with van der Waals surface area (Å²) in [5.41, 5.74) is 6.81. The molecule has 0 saturated carbocycles. The highest BCUT2D eigenvalue weighted by atomic mass is 16.5. The van der Waals surface area contributed by atoms with Crippen molar-refractivity contribution in [3.05, 3.63) is 107 Å². The van der Waals surface area contributed by atoms with Crippen molar-refractivity contribution in [1.29, 1.82) is 0 Å². The van der Waals surface area contributed by atoms with E-state index in [1.54, 1.807) is 7.11 Å². The number of nitrogens with zero attached hydrogens (tertiary/aromatic N) is 2. The summed E-state index contributed by atoms with van der Waals surface area (Å²) in [6.45, 7) is 9.31. The normalized spacial score (nSPS) is 14.9. The zero-order chi connectivity index (χ0) is 31.7. The molecule has 0 bridgehead atoms. The second-order valence-electron chi connectivity index (χ2n) is 12.1. The highest BCUT2D eigenvalue weighted by Crippen LogP contribution is 2.36. The molecule has 3 N–H and O–H groups in total. The fourth-order valence-corrected chi connectivity index (χ4v) is 6.66. The van der Waals surface area contributed by atoms with Crippen LogP contribution in [0.2, 0.25) is 0 Å². The number of aryl methyl sites for hydroxylation is 2. The minimum atomic E-state index is -1.36. The van der Waals surface area contributed by atoms with Gasteiger partial charge in [0.1, 0.15) is 5.75 Å². The van der Waals surface area contributed by atoms with Gasteiger partial charge >= 0.3 is 0 Å². The number of hydrogen-bond acceptors (Lipinski definition) is 4. The third-order valence-corrected chi connectivity index (χ3v) is 9.19. The number of amides is 2. The number of aromatic amines is 2. The molecule has 1 atom stereocenters. The van der Waals surface area contributed by atoms with E-state index in [2.05, 4.69) is 71.3 Å². The van der Waals surface area contributed by atoms with Crippen molar-refractivity contribution < 1.29 is 14.3 Å². The molecule has 1 unspecified atom stereocenters. The number of carbonyl (C=O) groups is 2. The summed E-state index contributed by atoms with van der Waals surface area (Å²) in [5, 5.41) is 5.10. The minimum Gasteiger partial charge on any atom is -0.497 e. The van der Waals surface area contributed by atoms with Gasteiger partial charge in [0.05, 0.1) is 19.3 Å². The summed E-state index contributed by atoms with van der Waals surface area (Å²) in [7, 11) is 1.64. The van der Waals surface area contributed by atoms with Crippen LogP contribution in [0.4, 0.5) is 5.69 Å².